The summed E-state index contributed by atoms with van der Waals surface area (Å²) in [5.74, 6) is -0.415. The number of benzene rings is 1. The summed E-state index contributed by atoms with van der Waals surface area (Å²) in [6.45, 7) is 2.57. The summed E-state index contributed by atoms with van der Waals surface area (Å²) in [5, 5.41) is 17.0. The number of anilines is 1. The van der Waals surface area contributed by atoms with E-state index in [0.29, 0.717) is 17.5 Å². The third kappa shape index (κ3) is 4.41. The van der Waals surface area contributed by atoms with Crippen LogP contribution in [0.1, 0.15) is 23.7 Å². The Bertz CT molecular complexity index is 494. The summed E-state index contributed by atoms with van der Waals surface area (Å²) in [5.41, 5.74) is 0.566. The molecule has 0 aliphatic heterocycles. The van der Waals surface area contributed by atoms with E-state index in [4.69, 9.17) is 0 Å². The van der Waals surface area contributed by atoms with Crippen LogP contribution in [0.15, 0.2) is 18.2 Å². The molecule has 1 rings (SSSR count). The molecule has 110 valence electrons. The molecule has 20 heavy (non-hydrogen) atoms. The highest BCUT2D eigenvalue weighted by Crippen LogP contribution is 2.22. The largest absolute Gasteiger partial charge is 0.388 e. The second-order valence-electron chi connectivity index (χ2n) is 4.33. The first-order valence-corrected chi connectivity index (χ1v) is 7.55. The van der Waals surface area contributed by atoms with E-state index in [-0.39, 0.29) is 11.3 Å². The molecule has 1 atom stereocenters. The highest BCUT2D eigenvalue weighted by atomic mass is 32.2. The van der Waals surface area contributed by atoms with Gasteiger partial charge in [-0.25, -0.2) is 0 Å². The van der Waals surface area contributed by atoms with Crippen LogP contribution in [0, 0.1) is 10.1 Å². The first-order valence-electron chi connectivity index (χ1n) is 6.26. The van der Waals surface area contributed by atoms with Crippen LogP contribution in [0.4, 0.5) is 11.4 Å². The molecule has 0 saturated carbocycles. The third-order valence-electron chi connectivity index (χ3n) is 2.97. The number of hydrogen-bond donors (Lipinski definition) is 2. The summed E-state index contributed by atoms with van der Waals surface area (Å²) in [4.78, 5) is 22.5. The zero-order valence-corrected chi connectivity index (χ0v) is 12.6. The Kier molecular flexibility index (Phi) is 6.30. The summed E-state index contributed by atoms with van der Waals surface area (Å²) in [7, 11) is 1.70. The maximum Gasteiger partial charge on any atom is 0.282 e. The van der Waals surface area contributed by atoms with Crippen molar-refractivity contribution in [3.63, 3.8) is 0 Å². The summed E-state index contributed by atoms with van der Waals surface area (Å²) >= 11 is 1.72. The maximum absolute atomic E-state index is 12.1. The van der Waals surface area contributed by atoms with Gasteiger partial charge in [-0.2, -0.15) is 11.8 Å². The molecule has 6 nitrogen and oxygen atoms in total. The second-order valence-corrected chi connectivity index (χ2v) is 5.61. The van der Waals surface area contributed by atoms with Crippen LogP contribution in [-0.2, 0) is 0 Å². The number of hydrogen-bond acceptors (Lipinski definition) is 5. The quantitative estimate of drug-likeness (QED) is 0.596. The Morgan fingerprint density at radius 1 is 1.50 bits per heavy atom. The molecule has 1 amide bonds. The number of amides is 1. The Morgan fingerprint density at radius 3 is 2.75 bits per heavy atom. The second kappa shape index (κ2) is 7.74. The molecule has 0 fully saturated rings. The van der Waals surface area contributed by atoms with Crippen LogP contribution in [0.5, 0.6) is 0 Å². The van der Waals surface area contributed by atoms with Gasteiger partial charge in [-0.05, 0) is 24.8 Å². The van der Waals surface area contributed by atoms with Crippen molar-refractivity contribution in [2.45, 2.75) is 18.6 Å². The average molecular weight is 297 g/mol. The van der Waals surface area contributed by atoms with Crippen molar-refractivity contribution in [2.24, 2.45) is 0 Å². The SMILES string of the molecule is CNc1ccc([N+](=O)[O-])c(C(=O)NCCC(C)SC)c1. The average Bonchev–Trinajstić information content (AvgIpc) is 2.45. The standard InChI is InChI=1S/C13H19N3O3S/c1-9(20-3)6-7-15-13(17)11-8-10(14-2)4-5-12(11)16(18)19/h4-5,8-9,14H,6-7H2,1-3H3,(H,15,17). The van der Waals surface area contributed by atoms with E-state index >= 15 is 0 Å². The fourth-order valence-electron chi connectivity index (χ4n) is 1.63. The molecule has 0 bridgehead atoms. The zero-order valence-electron chi connectivity index (χ0n) is 11.8. The van der Waals surface area contributed by atoms with Gasteiger partial charge < -0.3 is 10.6 Å². The van der Waals surface area contributed by atoms with Crippen molar-refractivity contribution in [3.05, 3.63) is 33.9 Å². The van der Waals surface area contributed by atoms with Crippen molar-refractivity contribution in [1.29, 1.82) is 0 Å². The molecule has 0 aromatic heterocycles. The molecule has 0 aliphatic carbocycles. The van der Waals surface area contributed by atoms with Crippen LogP contribution in [0.2, 0.25) is 0 Å². The van der Waals surface area contributed by atoms with Gasteiger partial charge in [0.2, 0.25) is 0 Å². The topological polar surface area (TPSA) is 84.3 Å². The fourth-order valence-corrected chi connectivity index (χ4v) is 1.99. The number of carbonyl (C=O) groups is 1. The Hall–Kier alpha value is -1.76. The molecule has 2 N–H and O–H groups in total. The van der Waals surface area contributed by atoms with Crippen LogP contribution < -0.4 is 10.6 Å². The van der Waals surface area contributed by atoms with Crippen molar-refractivity contribution in [2.75, 3.05) is 25.2 Å². The number of nitrogens with one attached hydrogen (secondary N) is 2. The van der Waals surface area contributed by atoms with Gasteiger partial charge in [-0.1, -0.05) is 6.92 Å². The summed E-state index contributed by atoms with van der Waals surface area (Å²) in [6, 6.07) is 4.40. The first-order chi connectivity index (χ1) is 9.49. The minimum absolute atomic E-state index is 0.0821. The van der Waals surface area contributed by atoms with Crippen molar-refractivity contribution < 1.29 is 9.72 Å². The molecular weight excluding hydrogens is 278 g/mol. The van der Waals surface area contributed by atoms with Gasteiger partial charge >= 0.3 is 0 Å². The van der Waals surface area contributed by atoms with Gasteiger partial charge in [-0.3, -0.25) is 14.9 Å². The van der Waals surface area contributed by atoms with Crippen molar-refractivity contribution in [1.82, 2.24) is 5.32 Å². The van der Waals surface area contributed by atoms with Gasteiger partial charge in [-0.15, -0.1) is 0 Å². The van der Waals surface area contributed by atoms with Gasteiger partial charge in [0.05, 0.1) is 4.92 Å². The number of carbonyl (C=O) groups excluding carboxylic acids is 1. The number of nitro groups is 1. The minimum atomic E-state index is -0.543. The van der Waals surface area contributed by atoms with E-state index in [1.165, 1.54) is 12.1 Å². The number of nitrogens with zero attached hydrogens (tertiary/aromatic N) is 1. The van der Waals surface area contributed by atoms with E-state index in [0.717, 1.165) is 6.42 Å². The molecule has 0 spiro atoms. The molecule has 1 aromatic carbocycles. The van der Waals surface area contributed by atoms with Gasteiger partial charge in [0.25, 0.3) is 11.6 Å². The smallest absolute Gasteiger partial charge is 0.282 e. The van der Waals surface area contributed by atoms with E-state index in [1.54, 1.807) is 24.9 Å². The maximum atomic E-state index is 12.1. The molecule has 0 aliphatic rings. The molecule has 7 heteroatoms. The highest BCUT2D eigenvalue weighted by molar-refractivity contribution is 7.99. The van der Waals surface area contributed by atoms with Gasteiger partial charge in [0.1, 0.15) is 5.56 Å². The monoisotopic (exact) mass is 297 g/mol. The van der Waals surface area contributed by atoms with Crippen LogP contribution in [-0.4, -0.2) is 35.9 Å². The lowest BCUT2D eigenvalue weighted by molar-refractivity contribution is -0.385. The first kappa shape index (κ1) is 16.3. The lowest BCUT2D eigenvalue weighted by Crippen LogP contribution is -2.26. The molecule has 0 saturated heterocycles. The van der Waals surface area contributed by atoms with Gasteiger partial charge in [0.15, 0.2) is 0 Å². The molecule has 1 aromatic rings. The number of nitro benzene ring substituents is 1. The van der Waals surface area contributed by atoms with E-state index < -0.39 is 10.8 Å². The van der Waals surface area contributed by atoms with Crippen molar-refractivity contribution in [3.8, 4) is 0 Å². The van der Waals surface area contributed by atoms with Gasteiger partial charge in [0, 0.05) is 30.6 Å². The highest BCUT2D eigenvalue weighted by Gasteiger charge is 2.20. The molecular formula is C13H19N3O3S. The lowest BCUT2D eigenvalue weighted by Gasteiger charge is -2.10. The van der Waals surface area contributed by atoms with E-state index in [9.17, 15) is 14.9 Å². The predicted octanol–water partition coefficient (Wildman–Crippen LogP) is 2.51. The molecule has 0 radical (unpaired) electrons. The van der Waals surface area contributed by atoms with E-state index in [1.807, 2.05) is 6.26 Å². The Morgan fingerprint density at radius 2 is 2.20 bits per heavy atom. The lowest BCUT2D eigenvalue weighted by atomic mass is 10.1. The predicted molar refractivity (Wildman–Crippen MR) is 82.6 cm³/mol. The third-order valence-corrected chi connectivity index (χ3v) is 4.01. The summed E-state index contributed by atoms with van der Waals surface area (Å²) < 4.78 is 0. The van der Waals surface area contributed by atoms with Crippen LogP contribution in [0.25, 0.3) is 0 Å². The molecule has 1 unspecified atom stereocenters. The normalized spacial score (nSPS) is 11.8. The van der Waals surface area contributed by atoms with Crippen LogP contribution in [0.3, 0.4) is 0 Å². The van der Waals surface area contributed by atoms with Crippen LogP contribution >= 0.6 is 11.8 Å². The van der Waals surface area contributed by atoms with E-state index in [2.05, 4.69) is 17.6 Å². The summed E-state index contributed by atoms with van der Waals surface area (Å²) in [6.07, 6.45) is 2.83. The van der Waals surface area contributed by atoms with Crippen molar-refractivity contribution >= 4 is 29.0 Å². The molecule has 0 heterocycles. The Balaban J connectivity index is 2.82. The number of thioether (sulfide) groups is 1. The minimum Gasteiger partial charge on any atom is -0.388 e. The Labute approximate surface area is 122 Å². The fraction of sp³-hybridized carbons (Fsp3) is 0.462. The number of rotatable bonds is 7. The zero-order chi connectivity index (χ0) is 15.1.